The van der Waals surface area contributed by atoms with Crippen LogP contribution in [-0.4, -0.2) is 19.1 Å². The van der Waals surface area contributed by atoms with E-state index >= 15 is 0 Å². The first-order chi connectivity index (χ1) is 13.3. The number of anilines is 1. The summed E-state index contributed by atoms with van der Waals surface area (Å²) < 4.78 is 4.98. The highest BCUT2D eigenvalue weighted by atomic mass is 16.5. The van der Waals surface area contributed by atoms with E-state index in [1.807, 2.05) is 19.1 Å². The Morgan fingerprint density at radius 3 is 2.33 bits per heavy atom. The summed E-state index contributed by atoms with van der Waals surface area (Å²) >= 11 is 0. The summed E-state index contributed by atoms with van der Waals surface area (Å²) in [5, 5.41) is 3.37. The summed E-state index contributed by atoms with van der Waals surface area (Å²) in [7, 11) is 0. The van der Waals surface area contributed by atoms with Gasteiger partial charge in [0.25, 0.3) is 0 Å². The summed E-state index contributed by atoms with van der Waals surface area (Å²) in [6.45, 7) is 3.12. The Morgan fingerprint density at radius 1 is 0.926 bits per heavy atom. The zero-order valence-corrected chi connectivity index (χ0v) is 16.2. The van der Waals surface area contributed by atoms with Gasteiger partial charge < -0.3 is 10.1 Å². The maximum Gasteiger partial charge on any atom is 0.338 e. The van der Waals surface area contributed by atoms with Crippen LogP contribution >= 0.6 is 0 Å². The Balaban J connectivity index is 1.51. The van der Waals surface area contributed by atoms with Gasteiger partial charge in [-0.05, 0) is 62.4 Å². The molecule has 2 aromatic rings. The third-order valence-corrected chi connectivity index (χ3v) is 4.19. The lowest BCUT2D eigenvalue weighted by Crippen LogP contribution is -2.05. The normalized spacial score (nSPS) is 9.96. The molecule has 0 heterocycles. The van der Waals surface area contributed by atoms with Gasteiger partial charge in [0.05, 0.1) is 12.2 Å². The van der Waals surface area contributed by atoms with Crippen LogP contribution in [0.3, 0.4) is 0 Å². The van der Waals surface area contributed by atoms with Gasteiger partial charge >= 0.3 is 5.97 Å². The van der Waals surface area contributed by atoms with E-state index in [4.69, 9.17) is 4.74 Å². The van der Waals surface area contributed by atoms with Crippen LogP contribution in [0.25, 0.3) is 0 Å². The van der Waals surface area contributed by atoms with Gasteiger partial charge in [-0.2, -0.15) is 0 Å². The standard InChI is InChI=1S/C24H29NO2/c1-2-27-24(26)22-16-18-23(19-17-22)25-20-12-7-5-3-4-6-9-13-21-14-10-8-11-15-21/h8,10-11,14-19,25H,2,5-7,9,12-13,20H2,1H3. The average Bonchev–Trinajstić information content (AvgIpc) is 2.71. The number of hydrogen-bond acceptors (Lipinski definition) is 3. The molecule has 0 radical (unpaired) electrons. The number of esters is 1. The molecule has 0 amide bonds. The molecule has 27 heavy (non-hydrogen) atoms. The summed E-state index contributed by atoms with van der Waals surface area (Å²) in [6.07, 6.45) is 6.33. The fraction of sp³-hybridized carbons (Fsp3) is 0.375. The SMILES string of the molecule is CCOC(=O)c1ccc(NCCCCC#CCCCc2ccccc2)cc1. The molecule has 0 saturated carbocycles. The van der Waals surface area contributed by atoms with E-state index in [9.17, 15) is 4.79 Å². The van der Waals surface area contributed by atoms with Crippen molar-refractivity contribution in [2.45, 2.75) is 45.4 Å². The van der Waals surface area contributed by atoms with Crippen LogP contribution in [0.5, 0.6) is 0 Å². The molecule has 0 bridgehead atoms. The molecule has 3 nitrogen and oxygen atoms in total. The Hall–Kier alpha value is -2.73. The van der Waals surface area contributed by atoms with E-state index in [1.165, 1.54) is 5.56 Å². The molecule has 2 aromatic carbocycles. The van der Waals surface area contributed by atoms with Crippen LogP contribution in [0.2, 0.25) is 0 Å². The van der Waals surface area contributed by atoms with Crippen molar-refractivity contribution in [2.75, 3.05) is 18.5 Å². The molecule has 0 aliphatic carbocycles. The van der Waals surface area contributed by atoms with Crippen molar-refractivity contribution in [2.24, 2.45) is 0 Å². The van der Waals surface area contributed by atoms with Gasteiger partial charge in [-0.1, -0.05) is 30.3 Å². The first kappa shape index (κ1) is 20.6. The van der Waals surface area contributed by atoms with E-state index < -0.39 is 0 Å². The van der Waals surface area contributed by atoms with Crippen molar-refractivity contribution in [3.8, 4) is 11.8 Å². The van der Waals surface area contributed by atoms with E-state index in [0.717, 1.165) is 50.8 Å². The Kier molecular flexibility index (Phi) is 9.60. The van der Waals surface area contributed by atoms with Crippen molar-refractivity contribution < 1.29 is 9.53 Å². The quantitative estimate of drug-likeness (QED) is 0.345. The van der Waals surface area contributed by atoms with Gasteiger partial charge in [0, 0.05) is 25.1 Å². The monoisotopic (exact) mass is 363 g/mol. The molecule has 0 spiro atoms. The second-order valence-corrected chi connectivity index (χ2v) is 6.37. The van der Waals surface area contributed by atoms with E-state index in [0.29, 0.717) is 12.2 Å². The van der Waals surface area contributed by atoms with E-state index in [1.54, 1.807) is 12.1 Å². The maximum atomic E-state index is 11.6. The molecule has 0 unspecified atom stereocenters. The largest absolute Gasteiger partial charge is 0.462 e. The van der Waals surface area contributed by atoms with Crippen molar-refractivity contribution in [3.05, 3.63) is 65.7 Å². The molecule has 0 aliphatic rings. The summed E-state index contributed by atoms with van der Waals surface area (Å²) in [5.74, 6) is 6.28. The molecule has 3 heteroatoms. The zero-order chi connectivity index (χ0) is 19.2. The third kappa shape index (κ3) is 8.46. The minimum atomic E-state index is -0.272. The average molecular weight is 364 g/mol. The van der Waals surface area contributed by atoms with Gasteiger partial charge in [-0.3, -0.25) is 0 Å². The third-order valence-electron chi connectivity index (χ3n) is 4.19. The molecule has 2 rings (SSSR count). The molecular formula is C24H29NO2. The molecule has 0 aliphatic heterocycles. The smallest absolute Gasteiger partial charge is 0.338 e. The highest BCUT2D eigenvalue weighted by molar-refractivity contribution is 5.89. The molecule has 142 valence electrons. The predicted octanol–water partition coefficient (Wildman–Crippen LogP) is 5.47. The number of hydrogen-bond donors (Lipinski definition) is 1. The summed E-state index contributed by atoms with van der Waals surface area (Å²) in [4.78, 5) is 11.6. The van der Waals surface area contributed by atoms with Crippen molar-refractivity contribution in [1.82, 2.24) is 0 Å². The van der Waals surface area contributed by atoms with Gasteiger partial charge in [0.1, 0.15) is 0 Å². The molecule has 0 atom stereocenters. The zero-order valence-electron chi connectivity index (χ0n) is 16.2. The lowest BCUT2D eigenvalue weighted by Gasteiger charge is -2.06. The van der Waals surface area contributed by atoms with Crippen LogP contribution < -0.4 is 5.32 Å². The fourth-order valence-corrected chi connectivity index (χ4v) is 2.71. The first-order valence-corrected chi connectivity index (χ1v) is 9.80. The van der Waals surface area contributed by atoms with Crippen molar-refractivity contribution in [1.29, 1.82) is 0 Å². The van der Waals surface area contributed by atoms with Crippen molar-refractivity contribution in [3.63, 3.8) is 0 Å². The lowest BCUT2D eigenvalue weighted by atomic mass is 10.1. The van der Waals surface area contributed by atoms with Gasteiger partial charge in [0.2, 0.25) is 0 Å². The topological polar surface area (TPSA) is 38.3 Å². The van der Waals surface area contributed by atoms with Gasteiger partial charge in [0.15, 0.2) is 0 Å². The Morgan fingerprint density at radius 2 is 1.63 bits per heavy atom. The summed E-state index contributed by atoms with van der Waals surface area (Å²) in [6, 6.07) is 18.0. The van der Waals surface area contributed by atoms with Crippen LogP contribution in [0.1, 0.15) is 54.9 Å². The van der Waals surface area contributed by atoms with E-state index in [-0.39, 0.29) is 5.97 Å². The van der Waals surface area contributed by atoms with Gasteiger partial charge in [-0.25, -0.2) is 4.79 Å². The molecular weight excluding hydrogens is 334 g/mol. The van der Waals surface area contributed by atoms with Crippen LogP contribution in [0.4, 0.5) is 5.69 Å². The number of nitrogens with one attached hydrogen (secondary N) is 1. The maximum absolute atomic E-state index is 11.6. The second-order valence-electron chi connectivity index (χ2n) is 6.37. The first-order valence-electron chi connectivity index (χ1n) is 9.80. The number of ether oxygens (including phenoxy) is 1. The van der Waals surface area contributed by atoms with Crippen LogP contribution in [0.15, 0.2) is 54.6 Å². The Labute approximate surface area is 163 Å². The number of benzene rings is 2. The highest BCUT2D eigenvalue weighted by Gasteiger charge is 2.05. The number of unbranched alkanes of at least 4 members (excludes halogenated alkanes) is 3. The number of carbonyl (C=O) groups excluding carboxylic acids is 1. The highest BCUT2D eigenvalue weighted by Crippen LogP contribution is 2.11. The van der Waals surface area contributed by atoms with Gasteiger partial charge in [-0.15, -0.1) is 11.8 Å². The second kappa shape index (κ2) is 12.6. The molecule has 1 N–H and O–H groups in total. The molecule has 0 aromatic heterocycles. The van der Waals surface area contributed by atoms with Crippen LogP contribution in [0, 0.1) is 11.8 Å². The Bertz CT molecular complexity index is 726. The van der Waals surface area contributed by atoms with E-state index in [2.05, 4.69) is 47.5 Å². The minimum Gasteiger partial charge on any atom is -0.462 e. The predicted molar refractivity (Wildman–Crippen MR) is 112 cm³/mol. The number of rotatable bonds is 10. The number of carbonyl (C=O) groups is 1. The molecule has 0 saturated heterocycles. The molecule has 0 fully saturated rings. The number of aryl methyl sites for hydroxylation is 1. The lowest BCUT2D eigenvalue weighted by molar-refractivity contribution is 0.0526. The van der Waals surface area contributed by atoms with Crippen LogP contribution in [-0.2, 0) is 11.2 Å². The fourth-order valence-electron chi connectivity index (χ4n) is 2.71. The van der Waals surface area contributed by atoms with Crippen molar-refractivity contribution >= 4 is 11.7 Å². The minimum absolute atomic E-state index is 0.272. The summed E-state index contributed by atoms with van der Waals surface area (Å²) in [5.41, 5.74) is 3.00.